The number of rotatable bonds is 2. The third kappa shape index (κ3) is 2.49. The molecule has 3 nitrogen and oxygen atoms in total. The molecule has 13 heavy (non-hydrogen) atoms. The third-order valence-electron chi connectivity index (χ3n) is 1.45. The maximum absolute atomic E-state index is 11.3. The lowest BCUT2D eigenvalue weighted by molar-refractivity contribution is 0.0984. The van der Waals surface area contributed by atoms with Crippen molar-refractivity contribution in [3.8, 4) is 6.07 Å². The van der Waals surface area contributed by atoms with E-state index in [1.807, 2.05) is 6.07 Å². The van der Waals surface area contributed by atoms with Crippen molar-refractivity contribution in [3.63, 3.8) is 0 Å². The number of carbonyl (C=O) groups excluding carboxylic acids is 1. The summed E-state index contributed by atoms with van der Waals surface area (Å²) in [6.45, 7) is 0. The normalized spacial score (nSPS) is 8.92. The van der Waals surface area contributed by atoms with Crippen LogP contribution in [0.15, 0.2) is 24.3 Å². The molecule has 1 rings (SSSR count). The Hall–Kier alpha value is -1.47. The minimum atomic E-state index is -0.176. The smallest absolute Gasteiger partial charge is 0.261 e. The van der Waals surface area contributed by atoms with E-state index in [-0.39, 0.29) is 5.91 Å². The Labute approximate surface area is 80.9 Å². The van der Waals surface area contributed by atoms with Crippen LogP contribution in [0.25, 0.3) is 0 Å². The van der Waals surface area contributed by atoms with Crippen LogP contribution in [0.5, 0.6) is 0 Å². The number of nitrogens with one attached hydrogen (secondary N) is 1. The number of amides is 1. The van der Waals surface area contributed by atoms with E-state index in [1.54, 1.807) is 30.5 Å². The lowest BCUT2D eigenvalue weighted by Crippen LogP contribution is -2.14. The van der Waals surface area contributed by atoms with Crippen LogP contribution in [0.1, 0.15) is 15.9 Å². The van der Waals surface area contributed by atoms with Crippen LogP contribution in [0.2, 0.25) is 0 Å². The summed E-state index contributed by atoms with van der Waals surface area (Å²) in [6, 6.07) is 8.56. The Morgan fingerprint density at radius 3 is 3.00 bits per heavy atom. The Morgan fingerprint density at radius 1 is 1.62 bits per heavy atom. The topological polar surface area (TPSA) is 52.9 Å². The van der Waals surface area contributed by atoms with Gasteiger partial charge in [-0.3, -0.25) is 9.52 Å². The summed E-state index contributed by atoms with van der Waals surface area (Å²) in [6.07, 6.45) is 1.77. The number of hydrogen-bond acceptors (Lipinski definition) is 3. The van der Waals surface area contributed by atoms with Gasteiger partial charge in [-0.2, -0.15) is 5.26 Å². The van der Waals surface area contributed by atoms with E-state index in [0.29, 0.717) is 11.1 Å². The summed E-state index contributed by atoms with van der Waals surface area (Å²) >= 11 is 1.24. The van der Waals surface area contributed by atoms with E-state index in [0.717, 1.165) is 0 Å². The average molecular weight is 192 g/mol. The summed E-state index contributed by atoms with van der Waals surface area (Å²) in [5, 5.41) is 8.59. The highest BCUT2D eigenvalue weighted by Gasteiger charge is 2.03. The van der Waals surface area contributed by atoms with E-state index >= 15 is 0 Å². The second kappa shape index (κ2) is 4.53. The summed E-state index contributed by atoms with van der Waals surface area (Å²) < 4.78 is 2.58. The fourth-order valence-corrected chi connectivity index (χ4v) is 1.18. The molecule has 1 N–H and O–H groups in total. The molecule has 0 atom stereocenters. The molecular weight excluding hydrogens is 184 g/mol. The number of nitriles is 1. The highest BCUT2D eigenvalue weighted by molar-refractivity contribution is 7.97. The van der Waals surface area contributed by atoms with Crippen LogP contribution in [-0.2, 0) is 0 Å². The van der Waals surface area contributed by atoms with E-state index in [4.69, 9.17) is 5.26 Å². The van der Waals surface area contributed by atoms with Gasteiger partial charge in [-0.05, 0) is 18.2 Å². The van der Waals surface area contributed by atoms with Crippen LogP contribution < -0.4 is 4.72 Å². The van der Waals surface area contributed by atoms with Gasteiger partial charge in [0.25, 0.3) is 5.91 Å². The standard InChI is InChI=1S/C9H8N2OS/c1-13-11-9(12)8-4-2-3-7(5-8)6-10/h2-5H,1H3,(H,11,12). The predicted molar refractivity (Wildman–Crippen MR) is 52.1 cm³/mol. The number of nitrogens with zero attached hydrogens (tertiary/aromatic N) is 1. The fraction of sp³-hybridized carbons (Fsp3) is 0.111. The zero-order valence-corrected chi connectivity index (χ0v) is 7.89. The Balaban J connectivity index is 2.90. The molecule has 0 unspecified atom stereocenters. The SMILES string of the molecule is CSNC(=O)c1cccc(C#N)c1. The van der Waals surface area contributed by atoms with Crippen LogP contribution in [0.3, 0.4) is 0 Å². The highest BCUT2D eigenvalue weighted by Crippen LogP contribution is 2.04. The van der Waals surface area contributed by atoms with Crippen molar-refractivity contribution in [1.29, 1.82) is 5.26 Å². The van der Waals surface area contributed by atoms with Gasteiger partial charge in [0, 0.05) is 11.8 Å². The van der Waals surface area contributed by atoms with Gasteiger partial charge in [0.2, 0.25) is 0 Å². The van der Waals surface area contributed by atoms with Gasteiger partial charge in [-0.1, -0.05) is 18.0 Å². The van der Waals surface area contributed by atoms with Gasteiger partial charge in [-0.25, -0.2) is 0 Å². The summed E-state index contributed by atoms with van der Waals surface area (Å²) in [7, 11) is 0. The van der Waals surface area contributed by atoms with Gasteiger partial charge >= 0.3 is 0 Å². The first-order chi connectivity index (χ1) is 6.27. The first-order valence-electron chi connectivity index (χ1n) is 3.61. The minimum Gasteiger partial charge on any atom is -0.296 e. The summed E-state index contributed by atoms with van der Waals surface area (Å²) in [5.74, 6) is -0.176. The molecule has 0 saturated carbocycles. The largest absolute Gasteiger partial charge is 0.296 e. The molecule has 0 heterocycles. The van der Waals surface area contributed by atoms with Crippen molar-refractivity contribution in [2.75, 3.05) is 6.26 Å². The van der Waals surface area contributed by atoms with Gasteiger partial charge < -0.3 is 0 Å². The van der Waals surface area contributed by atoms with Gasteiger partial charge in [0.05, 0.1) is 11.6 Å². The van der Waals surface area contributed by atoms with E-state index in [2.05, 4.69) is 4.72 Å². The maximum Gasteiger partial charge on any atom is 0.261 e. The van der Waals surface area contributed by atoms with Gasteiger partial charge in [0.15, 0.2) is 0 Å². The number of carbonyl (C=O) groups is 1. The first-order valence-corrected chi connectivity index (χ1v) is 4.84. The van der Waals surface area contributed by atoms with Crippen molar-refractivity contribution in [3.05, 3.63) is 35.4 Å². The number of hydrogen-bond donors (Lipinski definition) is 1. The van der Waals surface area contributed by atoms with Gasteiger partial charge in [-0.15, -0.1) is 0 Å². The van der Waals surface area contributed by atoms with E-state index in [1.165, 1.54) is 11.9 Å². The highest BCUT2D eigenvalue weighted by atomic mass is 32.2. The molecule has 0 aromatic heterocycles. The molecule has 0 radical (unpaired) electrons. The lowest BCUT2D eigenvalue weighted by atomic mass is 10.1. The predicted octanol–water partition coefficient (Wildman–Crippen LogP) is 1.57. The van der Waals surface area contributed by atoms with Crippen LogP contribution in [0.4, 0.5) is 0 Å². The summed E-state index contributed by atoms with van der Waals surface area (Å²) in [4.78, 5) is 11.3. The van der Waals surface area contributed by atoms with Crippen molar-refractivity contribution in [1.82, 2.24) is 4.72 Å². The lowest BCUT2D eigenvalue weighted by Gasteiger charge is -2.00. The van der Waals surface area contributed by atoms with Crippen molar-refractivity contribution < 1.29 is 4.79 Å². The molecule has 0 aliphatic carbocycles. The molecule has 0 aliphatic heterocycles. The number of benzene rings is 1. The zero-order chi connectivity index (χ0) is 9.68. The van der Waals surface area contributed by atoms with E-state index in [9.17, 15) is 4.79 Å². The average Bonchev–Trinajstić information content (AvgIpc) is 2.18. The molecule has 1 aromatic rings. The molecule has 0 bridgehead atoms. The zero-order valence-electron chi connectivity index (χ0n) is 7.07. The molecule has 1 amide bonds. The van der Waals surface area contributed by atoms with Crippen molar-refractivity contribution >= 4 is 17.9 Å². The Morgan fingerprint density at radius 2 is 2.38 bits per heavy atom. The Kier molecular flexibility index (Phi) is 3.35. The quantitative estimate of drug-likeness (QED) is 0.723. The Bertz CT molecular complexity index is 357. The van der Waals surface area contributed by atoms with Gasteiger partial charge in [0.1, 0.15) is 0 Å². The molecule has 1 aromatic carbocycles. The fourth-order valence-electron chi connectivity index (χ4n) is 0.882. The van der Waals surface area contributed by atoms with Crippen molar-refractivity contribution in [2.45, 2.75) is 0 Å². The second-order valence-electron chi connectivity index (χ2n) is 2.33. The molecule has 66 valence electrons. The molecular formula is C9H8N2OS. The summed E-state index contributed by atoms with van der Waals surface area (Å²) in [5.41, 5.74) is 1.00. The van der Waals surface area contributed by atoms with Crippen LogP contribution in [-0.4, -0.2) is 12.2 Å². The molecule has 4 heteroatoms. The molecule has 0 aliphatic rings. The molecule has 0 fully saturated rings. The first kappa shape index (κ1) is 9.62. The van der Waals surface area contributed by atoms with E-state index < -0.39 is 0 Å². The monoisotopic (exact) mass is 192 g/mol. The van der Waals surface area contributed by atoms with Crippen molar-refractivity contribution in [2.24, 2.45) is 0 Å². The second-order valence-corrected chi connectivity index (χ2v) is 2.94. The molecule has 0 spiro atoms. The van der Waals surface area contributed by atoms with Crippen LogP contribution >= 0.6 is 11.9 Å². The van der Waals surface area contributed by atoms with Crippen LogP contribution in [0, 0.1) is 11.3 Å². The third-order valence-corrected chi connectivity index (χ3v) is 1.84. The maximum atomic E-state index is 11.3. The minimum absolute atomic E-state index is 0.176. The molecule has 0 saturated heterocycles.